The fraction of sp³-hybridized carbons (Fsp3) is 0.636. The topological polar surface area (TPSA) is 110 Å². The second kappa shape index (κ2) is 5.76. The van der Waals surface area contributed by atoms with E-state index in [1.807, 2.05) is 0 Å². The van der Waals surface area contributed by atoms with E-state index in [0.29, 0.717) is 12.8 Å². The number of rotatable bonds is 3. The number of aromatic nitrogens is 2. The molecular formula is C11H15ClN4O4. The monoisotopic (exact) mass is 302 g/mol. The van der Waals surface area contributed by atoms with Crippen molar-refractivity contribution in [1.82, 2.24) is 9.78 Å². The standard InChI is InChI=1S/C11H15ClN4O4/c1-15-11(18)9(8(12)10(14-15)16(19)20)13-6-4-2-3-5-7(6)17/h6-7,13,17H,2-5H2,1H3/t6-,7-/m0/s1. The zero-order valence-corrected chi connectivity index (χ0v) is 11.6. The highest BCUT2D eigenvalue weighted by atomic mass is 35.5. The summed E-state index contributed by atoms with van der Waals surface area (Å²) >= 11 is 5.89. The van der Waals surface area contributed by atoms with Gasteiger partial charge in [-0.2, -0.15) is 0 Å². The van der Waals surface area contributed by atoms with Crippen LogP contribution in [0.3, 0.4) is 0 Å². The first kappa shape index (κ1) is 14.7. The maximum atomic E-state index is 12.0. The van der Waals surface area contributed by atoms with Crippen molar-refractivity contribution in [2.45, 2.75) is 37.8 Å². The van der Waals surface area contributed by atoms with E-state index < -0.39 is 22.4 Å². The molecule has 1 heterocycles. The number of anilines is 1. The van der Waals surface area contributed by atoms with Crippen LogP contribution in [0.4, 0.5) is 11.5 Å². The van der Waals surface area contributed by atoms with E-state index in [1.54, 1.807) is 0 Å². The minimum absolute atomic E-state index is 0.0817. The van der Waals surface area contributed by atoms with Crippen LogP contribution >= 0.6 is 11.6 Å². The number of aliphatic hydroxyl groups is 1. The van der Waals surface area contributed by atoms with Crippen molar-refractivity contribution in [3.05, 3.63) is 25.5 Å². The molecule has 20 heavy (non-hydrogen) atoms. The summed E-state index contributed by atoms with van der Waals surface area (Å²) in [5.41, 5.74) is -0.639. The summed E-state index contributed by atoms with van der Waals surface area (Å²) < 4.78 is 0.863. The molecule has 1 aliphatic rings. The normalized spacial score (nSPS) is 22.6. The number of halogens is 1. The highest BCUT2D eigenvalue weighted by molar-refractivity contribution is 6.34. The Labute approximate surface area is 119 Å². The van der Waals surface area contributed by atoms with Crippen molar-refractivity contribution in [2.24, 2.45) is 7.05 Å². The molecule has 110 valence electrons. The molecule has 2 rings (SSSR count). The third-order valence-electron chi connectivity index (χ3n) is 3.40. The zero-order chi connectivity index (χ0) is 14.9. The van der Waals surface area contributed by atoms with Gasteiger partial charge in [-0.25, -0.2) is 0 Å². The number of hydrogen-bond donors (Lipinski definition) is 2. The van der Waals surface area contributed by atoms with Crippen LogP contribution in [0, 0.1) is 10.1 Å². The largest absolute Gasteiger partial charge is 0.409 e. The summed E-state index contributed by atoms with van der Waals surface area (Å²) in [6, 6.07) is -0.337. The van der Waals surface area contributed by atoms with E-state index in [-0.39, 0.29) is 16.8 Å². The Hall–Kier alpha value is -1.67. The van der Waals surface area contributed by atoms with Crippen LogP contribution in [0.5, 0.6) is 0 Å². The van der Waals surface area contributed by atoms with Crippen LogP contribution in [0.2, 0.25) is 5.02 Å². The minimum Gasteiger partial charge on any atom is -0.391 e. The van der Waals surface area contributed by atoms with E-state index in [4.69, 9.17) is 11.6 Å². The van der Waals surface area contributed by atoms with Gasteiger partial charge in [0.05, 0.1) is 24.3 Å². The van der Waals surface area contributed by atoms with Gasteiger partial charge in [0.2, 0.25) is 0 Å². The van der Waals surface area contributed by atoms with E-state index >= 15 is 0 Å². The lowest BCUT2D eigenvalue weighted by Gasteiger charge is -2.28. The van der Waals surface area contributed by atoms with Crippen LogP contribution < -0.4 is 10.9 Å². The minimum atomic E-state index is -0.746. The Morgan fingerprint density at radius 3 is 2.75 bits per heavy atom. The van der Waals surface area contributed by atoms with Crippen LogP contribution in [-0.4, -0.2) is 32.0 Å². The second-order valence-corrected chi connectivity index (χ2v) is 5.18. The van der Waals surface area contributed by atoms with Crippen molar-refractivity contribution in [1.29, 1.82) is 0 Å². The molecule has 0 radical (unpaired) electrons. The van der Waals surface area contributed by atoms with Gasteiger partial charge in [-0.3, -0.25) is 4.79 Å². The van der Waals surface area contributed by atoms with E-state index in [9.17, 15) is 20.0 Å². The molecule has 0 bridgehead atoms. The van der Waals surface area contributed by atoms with Gasteiger partial charge in [0.25, 0.3) is 0 Å². The molecule has 1 aromatic rings. The van der Waals surface area contributed by atoms with Gasteiger partial charge in [0.1, 0.15) is 5.69 Å². The van der Waals surface area contributed by atoms with Crippen LogP contribution in [0.25, 0.3) is 0 Å². The molecular weight excluding hydrogens is 288 g/mol. The number of hydrogen-bond acceptors (Lipinski definition) is 6. The molecule has 0 spiro atoms. The van der Waals surface area contributed by atoms with Gasteiger partial charge in [-0.15, -0.1) is 4.68 Å². The van der Waals surface area contributed by atoms with Crippen LogP contribution in [-0.2, 0) is 7.05 Å². The maximum Gasteiger partial charge on any atom is 0.409 e. The number of nitro groups is 1. The predicted molar refractivity (Wildman–Crippen MR) is 73.0 cm³/mol. The van der Waals surface area contributed by atoms with Crippen molar-refractivity contribution in [3.63, 3.8) is 0 Å². The fourth-order valence-corrected chi connectivity index (χ4v) is 2.55. The Kier molecular flexibility index (Phi) is 4.24. The molecule has 0 aliphatic heterocycles. The first-order chi connectivity index (χ1) is 9.41. The van der Waals surface area contributed by atoms with Gasteiger partial charge in [-0.1, -0.05) is 24.4 Å². The molecule has 9 heteroatoms. The average Bonchev–Trinajstić information content (AvgIpc) is 2.40. The van der Waals surface area contributed by atoms with Crippen molar-refractivity contribution in [2.75, 3.05) is 5.32 Å². The van der Waals surface area contributed by atoms with Gasteiger partial charge in [0.15, 0.2) is 5.02 Å². The number of aryl methyl sites for hydroxylation is 1. The lowest BCUT2D eigenvalue weighted by molar-refractivity contribution is -0.390. The molecule has 1 aromatic heterocycles. The highest BCUT2D eigenvalue weighted by Crippen LogP contribution is 2.29. The SMILES string of the molecule is Cn1nc([N+](=O)[O-])c(Cl)c(N[C@H]2CCCC[C@@H]2O)c1=O. The molecule has 2 N–H and O–H groups in total. The van der Waals surface area contributed by atoms with E-state index in [1.165, 1.54) is 7.05 Å². The highest BCUT2D eigenvalue weighted by Gasteiger charge is 2.29. The van der Waals surface area contributed by atoms with Gasteiger partial charge in [-0.05, 0) is 17.8 Å². The second-order valence-electron chi connectivity index (χ2n) is 4.80. The molecule has 0 aromatic carbocycles. The number of aliphatic hydroxyl groups excluding tert-OH is 1. The molecule has 2 atom stereocenters. The quantitative estimate of drug-likeness (QED) is 0.638. The van der Waals surface area contributed by atoms with E-state index in [0.717, 1.165) is 17.5 Å². The van der Waals surface area contributed by atoms with E-state index in [2.05, 4.69) is 10.4 Å². The summed E-state index contributed by atoms with van der Waals surface area (Å²) in [6.45, 7) is 0. The Bertz CT molecular complexity index is 589. The first-order valence-electron chi connectivity index (χ1n) is 6.27. The summed E-state index contributed by atoms with van der Waals surface area (Å²) in [6.07, 6.45) is 2.54. The molecule has 1 saturated carbocycles. The summed E-state index contributed by atoms with van der Waals surface area (Å²) in [7, 11) is 1.31. The smallest absolute Gasteiger partial charge is 0.391 e. The number of nitrogens with one attached hydrogen (secondary N) is 1. The van der Waals surface area contributed by atoms with Crippen molar-refractivity contribution in [3.8, 4) is 0 Å². The Morgan fingerprint density at radius 1 is 1.50 bits per heavy atom. The maximum absolute atomic E-state index is 12.0. The fourth-order valence-electron chi connectivity index (χ4n) is 2.31. The first-order valence-corrected chi connectivity index (χ1v) is 6.65. The van der Waals surface area contributed by atoms with Gasteiger partial charge in [0, 0.05) is 0 Å². The van der Waals surface area contributed by atoms with Crippen molar-refractivity contribution < 1.29 is 10.0 Å². The average molecular weight is 303 g/mol. The van der Waals surface area contributed by atoms with Crippen molar-refractivity contribution >= 4 is 23.1 Å². The molecule has 0 amide bonds. The lowest BCUT2D eigenvalue weighted by atomic mass is 9.92. The van der Waals surface area contributed by atoms with Gasteiger partial charge < -0.3 is 20.5 Å². The van der Waals surface area contributed by atoms with Crippen LogP contribution in [0.1, 0.15) is 25.7 Å². The van der Waals surface area contributed by atoms with Gasteiger partial charge >= 0.3 is 11.4 Å². The Balaban J connectivity index is 2.40. The number of nitrogens with zero attached hydrogens (tertiary/aromatic N) is 3. The zero-order valence-electron chi connectivity index (χ0n) is 10.9. The summed E-state index contributed by atoms with van der Waals surface area (Å²) in [5.74, 6) is -0.582. The molecule has 0 unspecified atom stereocenters. The molecule has 0 saturated heterocycles. The summed E-state index contributed by atoms with van der Waals surface area (Å²) in [5, 5.41) is 26.8. The van der Waals surface area contributed by atoms with Crippen LogP contribution in [0.15, 0.2) is 4.79 Å². The molecule has 1 aliphatic carbocycles. The third-order valence-corrected chi connectivity index (χ3v) is 3.76. The predicted octanol–water partition coefficient (Wildman–Crippen LogP) is 1.06. The lowest BCUT2D eigenvalue weighted by Crippen LogP contribution is -2.39. The third kappa shape index (κ3) is 2.75. The molecule has 8 nitrogen and oxygen atoms in total. The summed E-state index contributed by atoms with van der Waals surface area (Å²) in [4.78, 5) is 22.1. The Morgan fingerprint density at radius 2 is 2.15 bits per heavy atom. The molecule has 1 fully saturated rings.